The monoisotopic (exact) mass is 441 g/mol. The summed E-state index contributed by atoms with van der Waals surface area (Å²) in [6.45, 7) is 0.209. The van der Waals surface area contributed by atoms with Crippen LogP contribution in [0.2, 0.25) is 0 Å². The number of nitrogens with zero attached hydrogens (tertiary/aromatic N) is 2. The number of fused-ring (bicyclic) bond motifs is 3. The fraction of sp³-hybridized carbons (Fsp3) is 0.0800. The van der Waals surface area contributed by atoms with Crippen LogP contribution in [0.5, 0.6) is 0 Å². The van der Waals surface area contributed by atoms with Gasteiger partial charge in [0.2, 0.25) is 0 Å². The lowest BCUT2D eigenvalue weighted by Crippen LogP contribution is -2.22. The van der Waals surface area contributed by atoms with Crippen LogP contribution in [0.3, 0.4) is 0 Å². The minimum atomic E-state index is -0.369. The van der Waals surface area contributed by atoms with E-state index in [0.29, 0.717) is 21.9 Å². The van der Waals surface area contributed by atoms with Crippen LogP contribution in [0.1, 0.15) is 5.56 Å². The average Bonchev–Trinajstić information content (AvgIpc) is 3.22. The molecule has 5 aromatic rings. The number of aromatic amines is 1. The first-order valence-corrected chi connectivity index (χ1v) is 11.1. The van der Waals surface area contributed by atoms with Crippen LogP contribution in [0.25, 0.3) is 27.6 Å². The summed E-state index contributed by atoms with van der Waals surface area (Å²) in [6.07, 6.45) is 0. The van der Waals surface area contributed by atoms with E-state index < -0.39 is 0 Å². The van der Waals surface area contributed by atoms with Gasteiger partial charge in [-0.05, 0) is 23.8 Å². The van der Waals surface area contributed by atoms with Gasteiger partial charge in [-0.2, -0.15) is 0 Å². The Balaban J connectivity index is 1.49. The number of hydrogen-bond donors (Lipinski definition) is 1. The lowest BCUT2D eigenvalue weighted by atomic mass is 10.2. The molecule has 0 atom stereocenters. The summed E-state index contributed by atoms with van der Waals surface area (Å²) in [6, 6.07) is 26.5. The van der Waals surface area contributed by atoms with Gasteiger partial charge in [0.25, 0.3) is 5.56 Å². The number of benzene rings is 3. The van der Waals surface area contributed by atoms with Crippen LogP contribution in [0.15, 0.2) is 94.9 Å². The van der Waals surface area contributed by atoms with Crippen molar-refractivity contribution in [1.29, 1.82) is 0 Å². The molecule has 5 rings (SSSR count). The molecule has 0 amide bonds. The van der Waals surface area contributed by atoms with E-state index in [0.717, 1.165) is 16.5 Å². The summed E-state index contributed by atoms with van der Waals surface area (Å²) in [4.78, 5) is 33.8. The number of H-pyrrole nitrogens is 1. The Bertz CT molecular complexity index is 1460. The summed E-state index contributed by atoms with van der Waals surface area (Å²) in [7, 11) is 0. The van der Waals surface area contributed by atoms with E-state index in [1.807, 2.05) is 84.9 Å². The second-order valence-electron chi connectivity index (χ2n) is 7.20. The number of thioether (sulfide) groups is 1. The number of rotatable bonds is 6. The normalized spacial score (nSPS) is 11.1. The summed E-state index contributed by atoms with van der Waals surface area (Å²) in [5.41, 5.74) is 3.27. The standard InChI is InChI=1S/C25H19N3O3S/c29-21(31-15-17-9-3-1-4-10-17)16-32-25-27-22-19-13-7-8-14-20(19)26-23(22)24(30)28(25)18-11-5-2-6-12-18/h1-14,26H,15-16H2. The van der Waals surface area contributed by atoms with Crippen LogP contribution >= 0.6 is 11.8 Å². The first-order valence-electron chi connectivity index (χ1n) is 10.1. The largest absolute Gasteiger partial charge is 0.460 e. The second-order valence-corrected chi connectivity index (χ2v) is 8.14. The second kappa shape index (κ2) is 8.72. The molecule has 6 nitrogen and oxygen atoms in total. The smallest absolute Gasteiger partial charge is 0.316 e. The Morgan fingerprint density at radius 3 is 2.41 bits per heavy atom. The molecular formula is C25H19N3O3S. The molecule has 3 aromatic carbocycles. The maximum absolute atomic E-state index is 13.4. The third-order valence-corrected chi connectivity index (χ3v) is 5.98. The first kappa shape index (κ1) is 20.1. The van der Waals surface area contributed by atoms with Gasteiger partial charge >= 0.3 is 5.97 Å². The van der Waals surface area contributed by atoms with Crippen molar-refractivity contribution in [2.24, 2.45) is 0 Å². The van der Waals surface area contributed by atoms with E-state index in [9.17, 15) is 9.59 Å². The van der Waals surface area contributed by atoms with E-state index in [1.165, 1.54) is 16.3 Å². The molecular weight excluding hydrogens is 422 g/mol. The third kappa shape index (κ3) is 3.90. The molecule has 0 fully saturated rings. The van der Waals surface area contributed by atoms with Gasteiger partial charge in [0.05, 0.1) is 11.4 Å². The van der Waals surface area contributed by atoms with Crippen molar-refractivity contribution in [2.45, 2.75) is 11.8 Å². The molecule has 158 valence electrons. The van der Waals surface area contributed by atoms with E-state index >= 15 is 0 Å². The van der Waals surface area contributed by atoms with Crippen LogP contribution in [-0.2, 0) is 16.1 Å². The molecule has 1 N–H and O–H groups in total. The van der Waals surface area contributed by atoms with Crippen molar-refractivity contribution in [3.63, 3.8) is 0 Å². The van der Waals surface area contributed by atoms with E-state index in [-0.39, 0.29) is 23.9 Å². The fourth-order valence-corrected chi connectivity index (χ4v) is 4.35. The molecule has 0 radical (unpaired) electrons. The number of para-hydroxylation sites is 2. The van der Waals surface area contributed by atoms with Crippen molar-refractivity contribution in [2.75, 3.05) is 5.75 Å². The van der Waals surface area contributed by atoms with Crippen LogP contribution in [-0.4, -0.2) is 26.3 Å². The average molecular weight is 442 g/mol. The predicted molar refractivity (Wildman–Crippen MR) is 126 cm³/mol. The SMILES string of the molecule is O=C(CSc1nc2c([nH]c3ccccc32)c(=O)n1-c1ccccc1)OCc1ccccc1. The molecule has 0 aliphatic carbocycles. The lowest BCUT2D eigenvalue weighted by Gasteiger charge is -2.12. The zero-order valence-electron chi connectivity index (χ0n) is 17.0. The highest BCUT2D eigenvalue weighted by atomic mass is 32.2. The van der Waals surface area contributed by atoms with Crippen molar-refractivity contribution in [3.05, 3.63) is 101 Å². The molecule has 2 heterocycles. The predicted octanol–water partition coefficient (Wildman–Crippen LogP) is 4.70. The number of esters is 1. The van der Waals surface area contributed by atoms with Crippen molar-refractivity contribution in [1.82, 2.24) is 14.5 Å². The number of ether oxygens (including phenoxy) is 1. The molecule has 0 unspecified atom stereocenters. The lowest BCUT2D eigenvalue weighted by molar-refractivity contribution is -0.141. The maximum atomic E-state index is 13.4. The number of aromatic nitrogens is 3. The van der Waals surface area contributed by atoms with Gasteiger partial charge in [-0.15, -0.1) is 0 Å². The molecule has 0 bridgehead atoms. The van der Waals surface area contributed by atoms with Crippen molar-refractivity contribution < 1.29 is 9.53 Å². The van der Waals surface area contributed by atoms with Gasteiger partial charge in [0, 0.05) is 10.9 Å². The minimum absolute atomic E-state index is 0.0416. The molecule has 0 aliphatic rings. The molecule has 0 saturated carbocycles. The van der Waals surface area contributed by atoms with Crippen molar-refractivity contribution >= 4 is 39.7 Å². The molecule has 0 spiro atoms. The summed E-state index contributed by atoms with van der Waals surface area (Å²) in [5, 5.41) is 1.31. The van der Waals surface area contributed by atoms with Gasteiger partial charge in [0.15, 0.2) is 5.16 Å². The van der Waals surface area contributed by atoms with Crippen LogP contribution in [0, 0.1) is 0 Å². The summed E-state index contributed by atoms with van der Waals surface area (Å²) >= 11 is 1.19. The Hall–Kier alpha value is -3.84. The summed E-state index contributed by atoms with van der Waals surface area (Å²) in [5.74, 6) is -0.327. The van der Waals surface area contributed by atoms with Gasteiger partial charge in [-0.25, -0.2) is 4.98 Å². The molecule has 0 aliphatic heterocycles. The van der Waals surface area contributed by atoms with E-state index in [1.54, 1.807) is 0 Å². The zero-order chi connectivity index (χ0) is 21.9. The Morgan fingerprint density at radius 1 is 0.938 bits per heavy atom. The van der Waals surface area contributed by atoms with Gasteiger partial charge in [-0.1, -0.05) is 78.5 Å². The molecule has 32 heavy (non-hydrogen) atoms. The molecule has 2 aromatic heterocycles. The number of carbonyl (C=O) groups excluding carboxylic acids is 1. The molecule has 7 heteroatoms. The number of hydrogen-bond acceptors (Lipinski definition) is 5. The number of nitrogens with one attached hydrogen (secondary N) is 1. The summed E-state index contributed by atoms with van der Waals surface area (Å²) < 4.78 is 6.92. The highest BCUT2D eigenvalue weighted by molar-refractivity contribution is 7.99. The van der Waals surface area contributed by atoms with Gasteiger partial charge < -0.3 is 9.72 Å². The van der Waals surface area contributed by atoms with Gasteiger partial charge in [0.1, 0.15) is 17.6 Å². The third-order valence-electron chi connectivity index (χ3n) is 5.07. The quantitative estimate of drug-likeness (QED) is 0.235. The highest BCUT2D eigenvalue weighted by Gasteiger charge is 2.18. The number of carbonyl (C=O) groups is 1. The van der Waals surface area contributed by atoms with Crippen molar-refractivity contribution in [3.8, 4) is 5.69 Å². The van der Waals surface area contributed by atoms with Gasteiger partial charge in [-0.3, -0.25) is 14.2 Å². The van der Waals surface area contributed by atoms with E-state index in [4.69, 9.17) is 9.72 Å². The Morgan fingerprint density at radius 2 is 1.62 bits per heavy atom. The molecule has 0 saturated heterocycles. The zero-order valence-corrected chi connectivity index (χ0v) is 17.8. The Labute approximate surface area is 187 Å². The van der Waals surface area contributed by atoms with Crippen LogP contribution < -0.4 is 5.56 Å². The maximum Gasteiger partial charge on any atom is 0.316 e. The minimum Gasteiger partial charge on any atom is -0.460 e. The van der Waals surface area contributed by atoms with Crippen LogP contribution in [0.4, 0.5) is 0 Å². The Kier molecular flexibility index (Phi) is 5.47. The topological polar surface area (TPSA) is 77.0 Å². The highest BCUT2D eigenvalue weighted by Crippen LogP contribution is 2.26. The van der Waals surface area contributed by atoms with E-state index in [2.05, 4.69) is 4.98 Å². The first-order chi connectivity index (χ1) is 15.7. The fourth-order valence-electron chi connectivity index (χ4n) is 3.55.